The lowest BCUT2D eigenvalue weighted by Gasteiger charge is -2.20. The van der Waals surface area contributed by atoms with Crippen molar-refractivity contribution in [3.8, 4) is 0 Å². The first kappa shape index (κ1) is 17.5. The van der Waals surface area contributed by atoms with Crippen LogP contribution < -0.4 is 0 Å². The van der Waals surface area contributed by atoms with Crippen LogP contribution in [0.25, 0.3) is 0 Å². The number of carbonyl (C=O) groups is 1. The molecule has 1 aliphatic carbocycles. The van der Waals surface area contributed by atoms with Crippen LogP contribution in [0.15, 0.2) is 29.2 Å². The Balaban J connectivity index is 1.73. The van der Waals surface area contributed by atoms with Crippen molar-refractivity contribution in [1.29, 1.82) is 0 Å². The number of hydrogen-bond donors (Lipinski definition) is 0. The van der Waals surface area contributed by atoms with E-state index in [0.29, 0.717) is 16.4 Å². The van der Waals surface area contributed by atoms with Gasteiger partial charge in [0.15, 0.2) is 9.84 Å². The van der Waals surface area contributed by atoms with Crippen LogP contribution in [-0.4, -0.2) is 37.6 Å². The van der Waals surface area contributed by atoms with Gasteiger partial charge in [-0.3, -0.25) is 4.79 Å². The summed E-state index contributed by atoms with van der Waals surface area (Å²) in [6.45, 7) is 3.82. The van der Waals surface area contributed by atoms with Gasteiger partial charge in [-0.2, -0.15) is 0 Å². The molecular formula is C19H27NO3S. The average Bonchev–Trinajstić information content (AvgIpc) is 3.05. The molecule has 5 heteroatoms. The molecule has 0 N–H and O–H groups in total. The van der Waals surface area contributed by atoms with E-state index < -0.39 is 9.84 Å². The number of benzene rings is 1. The summed E-state index contributed by atoms with van der Waals surface area (Å²) in [5, 5.41) is -0.244. The third-order valence-electron chi connectivity index (χ3n) is 5.47. The lowest BCUT2D eigenvalue weighted by Crippen LogP contribution is -2.32. The Morgan fingerprint density at radius 1 is 0.958 bits per heavy atom. The minimum Gasteiger partial charge on any atom is -0.339 e. The highest BCUT2D eigenvalue weighted by molar-refractivity contribution is 7.92. The zero-order chi connectivity index (χ0) is 17.2. The molecule has 0 spiro atoms. The molecule has 4 nitrogen and oxygen atoms in total. The lowest BCUT2D eigenvalue weighted by molar-refractivity contribution is 0.0760. The second kappa shape index (κ2) is 7.26. The minimum absolute atomic E-state index is 0.0221. The molecular weight excluding hydrogens is 322 g/mol. The average molecular weight is 349 g/mol. The van der Waals surface area contributed by atoms with E-state index >= 15 is 0 Å². The molecule has 1 saturated heterocycles. The van der Waals surface area contributed by atoms with Gasteiger partial charge >= 0.3 is 0 Å². The topological polar surface area (TPSA) is 54.5 Å². The van der Waals surface area contributed by atoms with Crippen molar-refractivity contribution < 1.29 is 13.2 Å². The second-order valence-electron chi connectivity index (χ2n) is 7.30. The maximum Gasteiger partial charge on any atom is 0.253 e. The minimum atomic E-state index is -3.24. The standard InChI is InChI=1S/C19H27NO3S/c1-15-5-4-13-20(14-12-15)19(21)16-8-10-18(11-9-16)24(22,23)17-6-2-3-7-17/h8-11,15,17H,2-7,12-14H2,1H3. The van der Waals surface area contributed by atoms with Crippen LogP contribution in [-0.2, 0) is 9.84 Å². The highest BCUT2D eigenvalue weighted by Crippen LogP contribution is 2.29. The summed E-state index contributed by atoms with van der Waals surface area (Å²) in [6.07, 6.45) is 6.76. The number of carbonyl (C=O) groups excluding carboxylic acids is 1. The van der Waals surface area contributed by atoms with Crippen LogP contribution in [0, 0.1) is 5.92 Å². The van der Waals surface area contributed by atoms with E-state index in [1.165, 1.54) is 6.42 Å². The molecule has 3 rings (SSSR count). The van der Waals surface area contributed by atoms with E-state index in [2.05, 4.69) is 6.92 Å². The summed E-state index contributed by atoms with van der Waals surface area (Å²) in [5.74, 6) is 0.690. The maximum atomic E-state index is 12.7. The number of nitrogens with zero attached hydrogens (tertiary/aromatic N) is 1. The molecule has 132 valence electrons. The van der Waals surface area contributed by atoms with Crippen LogP contribution in [0.4, 0.5) is 0 Å². The van der Waals surface area contributed by atoms with Crippen LogP contribution in [0.5, 0.6) is 0 Å². The van der Waals surface area contributed by atoms with Crippen LogP contribution >= 0.6 is 0 Å². The van der Waals surface area contributed by atoms with E-state index in [9.17, 15) is 13.2 Å². The fourth-order valence-electron chi connectivity index (χ4n) is 3.83. The number of rotatable bonds is 3. The molecule has 1 amide bonds. The van der Waals surface area contributed by atoms with Gasteiger partial charge in [0.1, 0.15) is 0 Å². The molecule has 0 bridgehead atoms. The van der Waals surface area contributed by atoms with Crippen molar-refractivity contribution in [2.24, 2.45) is 5.92 Å². The smallest absolute Gasteiger partial charge is 0.253 e. The fraction of sp³-hybridized carbons (Fsp3) is 0.632. The molecule has 1 aromatic carbocycles. The molecule has 2 aliphatic rings. The normalized spacial score (nSPS) is 23.2. The summed E-state index contributed by atoms with van der Waals surface area (Å²) < 4.78 is 25.2. The molecule has 1 saturated carbocycles. The van der Waals surface area contributed by atoms with Gasteiger partial charge in [-0.05, 0) is 62.3 Å². The van der Waals surface area contributed by atoms with Gasteiger partial charge < -0.3 is 4.90 Å². The highest BCUT2D eigenvalue weighted by atomic mass is 32.2. The van der Waals surface area contributed by atoms with Crippen molar-refractivity contribution in [1.82, 2.24) is 4.90 Å². The van der Waals surface area contributed by atoms with Gasteiger partial charge in [0, 0.05) is 18.7 Å². The largest absolute Gasteiger partial charge is 0.339 e. The van der Waals surface area contributed by atoms with Crippen molar-refractivity contribution in [3.05, 3.63) is 29.8 Å². The number of amides is 1. The summed E-state index contributed by atoms with van der Waals surface area (Å²) in [7, 11) is -3.24. The first-order valence-corrected chi connectivity index (χ1v) is 10.7. The van der Waals surface area contributed by atoms with Gasteiger partial charge in [-0.25, -0.2) is 8.42 Å². The quantitative estimate of drug-likeness (QED) is 0.837. The number of likely N-dealkylation sites (tertiary alicyclic amines) is 1. The fourth-order valence-corrected chi connectivity index (χ4v) is 5.68. The lowest BCUT2D eigenvalue weighted by atomic mass is 10.0. The molecule has 24 heavy (non-hydrogen) atoms. The zero-order valence-electron chi connectivity index (χ0n) is 14.4. The van der Waals surface area contributed by atoms with E-state index in [0.717, 1.165) is 51.6 Å². The molecule has 1 unspecified atom stereocenters. The van der Waals surface area contributed by atoms with Crippen LogP contribution in [0.1, 0.15) is 62.2 Å². The van der Waals surface area contributed by atoms with Crippen molar-refractivity contribution in [3.63, 3.8) is 0 Å². The zero-order valence-corrected chi connectivity index (χ0v) is 15.2. The van der Waals surface area contributed by atoms with Crippen molar-refractivity contribution in [2.45, 2.75) is 62.0 Å². The van der Waals surface area contributed by atoms with Crippen LogP contribution in [0.3, 0.4) is 0 Å². The molecule has 0 radical (unpaired) electrons. The first-order chi connectivity index (χ1) is 11.5. The Morgan fingerprint density at radius 2 is 1.62 bits per heavy atom. The molecule has 1 aromatic rings. The third kappa shape index (κ3) is 3.66. The summed E-state index contributed by atoms with van der Waals surface area (Å²) >= 11 is 0. The van der Waals surface area contributed by atoms with E-state index in [4.69, 9.17) is 0 Å². The molecule has 1 atom stereocenters. The van der Waals surface area contributed by atoms with E-state index in [1.54, 1.807) is 24.3 Å². The first-order valence-electron chi connectivity index (χ1n) is 9.12. The summed E-state index contributed by atoms with van der Waals surface area (Å²) in [4.78, 5) is 14.9. The van der Waals surface area contributed by atoms with Crippen molar-refractivity contribution >= 4 is 15.7 Å². The molecule has 1 aliphatic heterocycles. The molecule has 2 fully saturated rings. The molecule has 0 aromatic heterocycles. The van der Waals surface area contributed by atoms with Gasteiger partial charge in [0.2, 0.25) is 0 Å². The Morgan fingerprint density at radius 3 is 2.29 bits per heavy atom. The number of sulfone groups is 1. The van der Waals surface area contributed by atoms with Gasteiger partial charge in [-0.15, -0.1) is 0 Å². The highest BCUT2D eigenvalue weighted by Gasteiger charge is 2.30. The Bertz CT molecular complexity index is 675. The van der Waals surface area contributed by atoms with Gasteiger partial charge in [-0.1, -0.05) is 19.8 Å². The van der Waals surface area contributed by atoms with Gasteiger partial charge in [0.05, 0.1) is 10.1 Å². The second-order valence-corrected chi connectivity index (χ2v) is 9.53. The predicted octanol–water partition coefficient (Wildman–Crippen LogP) is 3.67. The monoisotopic (exact) mass is 349 g/mol. The Hall–Kier alpha value is -1.36. The number of hydrogen-bond acceptors (Lipinski definition) is 3. The SMILES string of the molecule is CC1CCCN(C(=O)c2ccc(S(=O)(=O)C3CCCC3)cc2)CC1. The summed E-state index contributed by atoms with van der Waals surface area (Å²) in [6, 6.07) is 6.58. The molecule has 1 heterocycles. The Kier molecular flexibility index (Phi) is 5.28. The van der Waals surface area contributed by atoms with Crippen LogP contribution in [0.2, 0.25) is 0 Å². The Labute approximate surface area is 145 Å². The predicted molar refractivity (Wildman–Crippen MR) is 94.8 cm³/mol. The van der Waals surface area contributed by atoms with E-state index in [1.807, 2.05) is 4.90 Å². The maximum absolute atomic E-state index is 12.7. The van der Waals surface area contributed by atoms with Crippen molar-refractivity contribution in [2.75, 3.05) is 13.1 Å². The van der Waals surface area contributed by atoms with Gasteiger partial charge in [0.25, 0.3) is 5.91 Å². The third-order valence-corrected chi connectivity index (χ3v) is 7.75. The summed E-state index contributed by atoms with van der Waals surface area (Å²) in [5.41, 5.74) is 0.593. The van der Waals surface area contributed by atoms with E-state index in [-0.39, 0.29) is 11.2 Å².